The molecule has 2 rings (SSSR count). The van der Waals surface area contributed by atoms with Crippen LogP contribution in [0.3, 0.4) is 0 Å². The van der Waals surface area contributed by atoms with E-state index in [9.17, 15) is 4.79 Å². The Balaban J connectivity index is 2.11. The minimum Gasteiger partial charge on any atom is -0.440 e. The maximum absolute atomic E-state index is 11.6. The van der Waals surface area contributed by atoms with E-state index in [1.54, 1.807) is 23.4 Å². The van der Waals surface area contributed by atoms with E-state index in [2.05, 4.69) is 11.6 Å². The van der Waals surface area contributed by atoms with Crippen LogP contribution in [0.1, 0.15) is 12.5 Å². The second-order valence-electron chi connectivity index (χ2n) is 3.81. The summed E-state index contributed by atoms with van der Waals surface area (Å²) in [7, 11) is 0. The number of nitrogens with zero attached hydrogens (tertiary/aromatic N) is 2. The summed E-state index contributed by atoms with van der Waals surface area (Å²) >= 11 is 0. The van der Waals surface area contributed by atoms with Crippen LogP contribution >= 0.6 is 0 Å². The number of aromatic nitrogens is 1. The molecule has 0 aliphatic carbocycles. The van der Waals surface area contributed by atoms with E-state index in [0.29, 0.717) is 6.54 Å². The Morgan fingerprint density at radius 2 is 2.50 bits per heavy atom. The summed E-state index contributed by atoms with van der Waals surface area (Å²) in [6.45, 7) is 6.13. The minimum absolute atomic E-state index is 0.0187. The Bertz CT molecular complexity index is 391. The van der Waals surface area contributed by atoms with Gasteiger partial charge < -0.3 is 4.74 Å². The van der Waals surface area contributed by atoms with Crippen molar-refractivity contribution in [2.45, 2.75) is 25.6 Å². The van der Waals surface area contributed by atoms with Crippen molar-refractivity contribution in [1.29, 1.82) is 0 Å². The third-order valence-corrected chi connectivity index (χ3v) is 2.75. The van der Waals surface area contributed by atoms with Crippen molar-refractivity contribution in [3.63, 3.8) is 0 Å². The van der Waals surface area contributed by atoms with Gasteiger partial charge in [0.15, 0.2) is 0 Å². The first-order valence-corrected chi connectivity index (χ1v) is 5.21. The lowest BCUT2D eigenvalue weighted by molar-refractivity contribution is 0.144. The highest BCUT2D eigenvalue weighted by atomic mass is 16.6. The van der Waals surface area contributed by atoms with Gasteiger partial charge in [-0.1, -0.05) is 12.6 Å². The lowest BCUT2D eigenvalue weighted by Gasteiger charge is -2.19. The van der Waals surface area contributed by atoms with Gasteiger partial charge in [-0.3, -0.25) is 9.88 Å². The molecule has 0 N–H and O–H groups in total. The SMILES string of the molecule is C=C[C@H]1OC(=O)N(Cc2cccnc2)[C@@H]1C. The van der Waals surface area contributed by atoms with E-state index < -0.39 is 0 Å². The van der Waals surface area contributed by atoms with Gasteiger partial charge in [-0.2, -0.15) is 0 Å². The summed E-state index contributed by atoms with van der Waals surface area (Å²) < 4.78 is 5.16. The molecule has 1 saturated heterocycles. The highest BCUT2D eigenvalue weighted by molar-refractivity contribution is 5.71. The number of cyclic esters (lactones) is 1. The number of hydrogen-bond acceptors (Lipinski definition) is 3. The minimum atomic E-state index is -0.291. The van der Waals surface area contributed by atoms with E-state index in [-0.39, 0.29) is 18.2 Å². The summed E-state index contributed by atoms with van der Waals surface area (Å²) in [4.78, 5) is 17.3. The first-order chi connectivity index (χ1) is 7.72. The summed E-state index contributed by atoms with van der Waals surface area (Å²) in [6.07, 6.45) is 4.61. The number of carbonyl (C=O) groups excluding carboxylic acids is 1. The van der Waals surface area contributed by atoms with E-state index in [4.69, 9.17) is 4.74 Å². The number of hydrogen-bond donors (Lipinski definition) is 0. The third-order valence-electron chi connectivity index (χ3n) is 2.75. The molecule has 1 aromatic heterocycles. The summed E-state index contributed by atoms with van der Waals surface area (Å²) in [5, 5.41) is 0. The first-order valence-electron chi connectivity index (χ1n) is 5.21. The third kappa shape index (κ3) is 1.91. The largest absolute Gasteiger partial charge is 0.440 e. The lowest BCUT2D eigenvalue weighted by Crippen LogP contribution is -2.32. The van der Waals surface area contributed by atoms with Crippen molar-refractivity contribution in [2.24, 2.45) is 0 Å². The molecule has 4 nitrogen and oxygen atoms in total. The molecule has 2 atom stereocenters. The van der Waals surface area contributed by atoms with Crippen molar-refractivity contribution in [3.8, 4) is 0 Å². The molecule has 1 aromatic rings. The van der Waals surface area contributed by atoms with Gasteiger partial charge in [-0.05, 0) is 24.6 Å². The van der Waals surface area contributed by atoms with Crippen LogP contribution in [-0.2, 0) is 11.3 Å². The zero-order chi connectivity index (χ0) is 11.5. The fraction of sp³-hybridized carbons (Fsp3) is 0.333. The zero-order valence-corrected chi connectivity index (χ0v) is 9.17. The van der Waals surface area contributed by atoms with Crippen LogP contribution < -0.4 is 0 Å². The highest BCUT2D eigenvalue weighted by Gasteiger charge is 2.36. The smallest absolute Gasteiger partial charge is 0.411 e. The normalized spacial score (nSPS) is 24.3. The highest BCUT2D eigenvalue weighted by Crippen LogP contribution is 2.21. The average molecular weight is 218 g/mol. The Labute approximate surface area is 94.5 Å². The molecule has 1 amide bonds. The second kappa shape index (κ2) is 4.35. The van der Waals surface area contributed by atoms with Crippen LogP contribution in [0, 0.1) is 0 Å². The zero-order valence-electron chi connectivity index (χ0n) is 9.17. The van der Waals surface area contributed by atoms with Gasteiger partial charge in [0, 0.05) is 12.4 Å². The van der Waals surface area contributed by atoms with Crippen LogP contribution in [0.4, 0.5) is 4.79 Å². The molecule has 2 heterocycles. The molecule has 16 heavy (non-hydrogen) atoms. The molecule has 0 bridgehead atoms. The average Bonchev–Trinajstić information content (AvgIpc) is 2.58. The van der Waals surface area contributed by atoms with Crippen LogP contribution in [-0.4, -0.2) is 28.1 Å². The van der Waals surface area contributed by atoms with Crippen LogP contribution in [0.15, 0.2) is 37.2 Å². The maximum Gasteiger partial charge on any atom is 0.411 e. The number of pyridine rings is 1. The number of carbonyl (C=O) groups is 1. The molecule has 84 valence electrons. The molecule has 1 aliphatic rings. The quantitative estimate of drug-likeness (QED) is 0.728. The molecule has 0 spiro atoms. The second-order valence-corrected chi connectivity index (χ2v) is 3.81. The molecular weight excluding hydrogens is 204 g/mol. The van der Waals surface area contributed by atoms with Gasteiger partial charge >= 0.3 is 6.09 Å². The molecule has 0 radical (unpaired) electrons. The van der Waals surface area contributed by atoms with Gasteiger partial charge in [0.25, 0.3) is 0 Å². The molecule has 4 heteroatoms. The van der Waals surface area contributed by atoms with Gasteiger partial charge in [0.05, 0.1) is 12.6 Å². The standard InChI is InChI=1S/C12H14N2O2/c1-3-11-9(2)14(12(15)16-11)8-10-5-4-6-13-7-10/h3-7,9,11H,1,8H2,2H3/t9-,11-/m1/s1. The van der Waals surface area contributed by atoms with Crippen LogP contribution in [0.2, 0.25) is 0 Å². The fourth-order valence-corrected chi connectivity index (χ4v) is 1.77. The Kier molecular flexibility index (Phi) is 2.90. The summed E-state index contributed by atoms with van der Waals surface area (Å²) in [6, 6.07) is 3.81. The monoisotopic (exact) mass is 218 g/mol. The number of ether oxygens (including phenoxy) is 1. The van der Waals surface area contributed by atoms with Crippen LogP contribution in [0.25, 0.3) is 0 Å². The van der Waals surface area contributed by atoms with E-state index >= 15 is 0 Å². The first kappa shape index (κ1) is 10.7. The van der Waals surface area contributed by atoms with Crippen molar-refractivity contribution in [3.05, 3.63) is 42.7 Å². The Morgan fingerprint density at radius 1 is 1.69 bits per heavy atom. The molecule has 0 saturated carbocycles. The van der Waals surface area contributed by atoms with E-state index in [1.165, 1.54) is 0 Å². The number of rotatable bonds is 3. The van der Waals surface area contributed by atoms with Crippen molar-refractivity contribution in [1.82, 2.24) is 9.88 Å². The van der Waals surface area contributed by atoms with Gasteiger partial charge in [0.2, 0.25) is 0 Å². The Hall–Kier alpha value is -1.84. The molecule has 1 aliphatic heterocycles. The Morgan fingerprint density at radius 3 is 3.06 bits per heavy atom. The van der Waals surface area contributed by atoms with Gasteiger partial charge in [-0.15, -0.1) is 0 Å². The van der Waals surface area contributed by atoms with Crippen molar-refractivity contribution >= 4 is 6.09 Å². The summed E-state index contributed by atoms with van der Waals surface area (Å²) in [5.74, 6) is 0. The van der Waals surface area contributed by atoms with E-state index in [1.807, 2.05) is 19.1 Å². The van der Waals surface area contributed by atoms with Crippen molar-refractivity contribution in [2.75, 3.05) is 0 Å². The predicted octanol–water partition coefficient (Wildman–Crippen LogP) is 1.98. The number of amides is 1. The molecular formula is C12H14N2O2. The molecule has 0 aromatic carbocycles. The lowest BCUT2D eigenvalue weighted by atomic mass is 10.1. The molecule has 1 fully saturated rings. The van der Waals surface area contributed by atoms with Gasteiger partial charge in [0.1, 0.15) is 6.10 Å². The summed E-state index contributed by atoms with van der Waals surface area (Å²) in [5.41, 5.74) is 0.996. The predicted molar refractivity (Wildman–Crippen MR) is 59.7 cm³/mol. The van der Waals surface area contributed by atoms with Gasteiger partial charge in [-0.25, -0.2) is 4.79 Å². The van der Waals surface area contributed by atoms with E-state index in [0.717, 1.165) is 5.56 Å². The van der Waals surface area contributed by atoms with Crippen LogP contribution in [0.5, 0.6) is 0 Å². The molecule has 0 unspecified atom stereocenters. The maximum atomic E-state index is 11.6. The van der Waals surface area contributed by atoms with Crippen molar-refractivity contribution < 1.29 is 9.53 Å². The topological polar surface area (TPSA) is 42.4 Å². The fourth-order valence-electron chi connectivity index (χ4n) is 1.77.